The smallest absolute Gasteiger partial charge is 0.310 e. The quantitative estimate of drug-likeness (QED) is 0.377. The predicted molar refractivity (Wildman–Crippen MR) is 52.8 cm³/mol. The Hall–Kier alpha value is -1.26. The summed E-state index contributed by atoms with van der Waals surface area (Å²) in [6, 6.07) is 0. The number of nitrogens with one attached hydrogen (secondary N) is 1. The number of carbonyl (C=O) groups is 1. The van der Waals surface area contributed by atoms with E-state index in [4.69, 9.17) is 15.9 Å². The molecule has 1 rings (SSSR count). The summed E-state index contributed by atoms with van der Waals surface area (Å²) < 4.78 is 4.93. The topological polar surface area (TPSA) is 79.4 Å². The molecule has 1 aliphatic heterocycles. The number of likely N-dealkylation sites (tertiary alicyclic amines) is 1. The standard InChI is InChI=1S/C9H17N3O2/c1-2-14-8(13)7-4-3-5-12(6-7)9(10)11/h7H,2-6H2,1H3,(H3,10,11)/t7-/m1/s1. The number of piperidine rings is 1. The number of hydrogen-bond acceptors (Lipinski definition) is 3. The van der Waals surface area contributed by atoms with Crippen LogP contribution in [0.5, 0.6) is 0 Å². The van der Waals surface area contributed by atoms with Crippen LogP contribution in [0.15, 0.2) is 0 Å². The number of ether oxygens (including phenoxy) is 1. The van der Waals surface area contributed by atoms with Crippen LogP contribution in [0.1, 0.15) is 19.8 Å². The molecule has 5 heteroatoms. The van der Waals surface area contributed by atoms with Crippen LogP contribution in [-0.2, 0) is 9.53 Å². The molecule has 5 nitrogen and oxygen atoms in total. The Labute approximate surface area is 83.7 Å². The lowest BCUT2D eigenvalue weighted by atomic mass is 9.98. The normalized spacial score (nSPS) is 21.8. The average molecular weight is 199 g/mol. The van der Waals surface area contributed by atoms with Gasteiger partial charge in [-0.05, 0) is 19.8 Å². The van der Waals surface area contributed by atoms with Gasteiger partial charge in [-0.2, -0.15) is 0 Å². The van der Waals surface area contributed by atoms with E-state index in [1.54, 1.807) is 11.8 Å². The first kappa shape index (κ1) is 10.8. The summed E-state index contributed by atoms with van der Waals surface area (Å²) in [6.45, 7) is 3.50. The van der Waals surface area contributed by atoms with Gasteiger partial charge in [0.15, 0.2) is 5.96 Å². The van der Waals surface area contributed by atoms with Crippen LogP contribution in [0, 0.1) is 11.3 Å². The lowest BCUT2D eigenvalue weighted by Gasteiger charge is -2.31. The van der Waals surface area contributed by atoms with E-state index >= 15 is 0 Å². The number of rotatable bonds is 2. The summed E-state index contributed by atoms with van der Waals surface area (Å²) in [6.07, 6.45) is 1.73. The SMILES string of the molecule is CCOC(=O)[C@@H]1CCCN(C(=N)N)C1. The molecule has 3 N–H and O–H groups in total. The van der Waals surface area contributed by atoms with Gasteiger partial charge in [-0.15, -0.1) is 0 Å². The maximum absolute atomic E-state index is 11.4. The first-order chi connectivity index (χ1) is 6.65. The van der Waals surface area contributed by atoms with Crippen molar-refractivity contribution in [2.45, 2.75) is 19.8 Å². The Morgan fingerprint density at radius 3 is 3.00 bits per heavy atom. The molecule has 1 heterocycles. The third-order valence-corrected chi connectivity index (χ3v) is 2.38. The molecule has 80 valence electrons. The minimum atomic E-state index is -0.168. The van der Waals surface area contributed by atoms with Crippen molar-refractivity contribution in [2.75, 3.05) is 19.7 Å². The van der Waals surface area contributed by atoms with E-state index in [9.17, 15) is 4.79 Å². The number of carbonyl (C=O) groups excluding carboxylic acids is 1. The summed E-state index contributed by atoms with van der Waals surface area (Å²) in [7, 11) is 0. The van der Waals surface area contributed by atoms with E-state index in [1.807, 2.05) is 0 Å². The molecular formula is C9H17N3O2. The maximum atomic E-state index is 11.4. The summed E-state index contributed by atoms with van der Waals surface area (Å²) in [5.41, 5.74) is 5.36. The first-order valence-corrected chi connectivity index (χ1v) is 4.90. The van der Waals surface area contributed by atoms with Crippen molar-refractivity contribution >= 4 is 11.9 Å². The first-order valence-electron chi connectivity index (χ1n) is 4.90. The monoisotopic (exact) mass is 199 g/mol. The van der Waals surface area contributed by atoms with Gasteiger partial charge in [-0.3, -0.25) is 10.2 Å². The maximum Gasteiger partial charge on any atom is 0.310 e. The molecule has 0 spiro atoms. The highest BCUT2D eigenvalue weighted by Crippen LogP contribution is 2.17. The second kappa shape index (κ2) is 4.83. The summed E-state index contributed by atoms with van der Waals surface area (Å²) in [5, 5.41) is 7.27. The molecule has 0 bridgehead atoms. The average Bonchev–Trinajstić information content (AvgIpc) is 2.18. The van der Waals surface area contributed by atoms with Gasteiger partial charge in [0.2, 0.25) is 0 Å². The van der Waals surface area contributed by atoms with E-state index in [0.717, 1.165) is 19.4 Å². The summed E-state index contributed by atoms with van der Waals surface area (Å²) >= 11 is 0. The number of guanidine groups is 1. The molecule has 1 fully saturated rings. The molecule has 0 aliphatic carbocycles. The molecule has 1 atom stereocenters. The van der Waals surface area contributed by atoms with Crippen molar-refractivity contribution < 1.29 is 9.53 Å². The van der Waals surface area contributed by atoms with Crippen molar-refractivity contribution in [3.05, 3.63) is 0 Å². The van der Waals surface area contributed by atoms with Crippen LogP contribution in [0.3, 0.4) is 0 Å². The highest BCUT2D eigenvalue weighted by Gasteiger charge is 2.27. The van der Waals surface area contributed by atoms with Crippen molar-refractivity contribution in [1.29, 1.82) is 5.41 Å². The lowest BCUT2D eigenvalue weighted by molar-refractivity contribution is -0.149. The molecule has 14 heavy (non-hydrogen) atoms. The minimum Gasteiger partial charge on any atom is -0.466 e. The van der Waals surface area contributed by atoms with Crippen molar-refractivity contribution in [3.8, 4) is 0 Å². The fraction of sp³-hybridized carbons (Fsp3) is 0.778. The Balaban J connectivity index is 2.47. The molecule has 0 amide bonds. The number of hydrogen-bond donors (Lipinski definition) is 2. The zero-order chi connectivity index (χ0) is 10.6. The van der Waals surface area contributed by atoms with Crippen LogP contribution in [0.2, 0.25) is 0 Å². The van der Waals surface area contributed by atoms with Crippen LogP contribution in [-0.4, -0.2) is 36.5 Å². The number of nitrogens with zero attached hydrogens (tertiary/aromatic N) is 1. The molecule has 0 aromatic heterocycles. The second-order valence-electron chi connectivity index (χ2n) is 3.42. The third kappa shape index (κ3) is 2.61. The van der Waals surface area contributed by atoms with Crippen molar-refractivity contribution in [2.24, 2.45) is 11.7 Å². The predicted octanol–water partition coefficient (Wildman–Crippen LogP) is 0.155. The number of esters is 1. The van der Waals surface area contributed by atoms with Crippen molar-refractivity contribution in [3.63, 3.8) is 0 Å². The number of nitrogens with two attached hydrogens (primary N) is 1. The molecule has 0 saturated carbocycles. The van der Waals surface area contributed by atoms with Gasteiger partial charge in [0.05, 0.1) is 12.5 Å². The fourth-order valence-electron chi connectivity index (χ4n) is 1.65. The van der Waals surface area contributed by atoms with Gasteiger partial charge in [0, 0.05) is 13.1 Å². The molecule has 0 aromatic carbocycles. The van der Waals surface area contributed by atoms with Crippen LogP contribution in [0.4, 0.5) is 0 Å². The van der Waals surface area contributed by atoms with Gasteiger partial charge in [0.25, 0.3) is 0 Å². The molecule has 1 aliphatic rings. The molecule has 0 radical (unpaired) electrons. The summed E-state index contributed by atoms with van der Waals surface area (Å²) in [4.78, 5) is 13.1. The Morgan fingerprint density at radius 2 is 2.43 bits per heavy atom. The molecule has 1 saturated heterocycles. The van der Waals surface area contributed by atoms with Crippen LogP contribution in [0.25, 0.3) is 0 Å². The van der Waals surface area contributed by atoms with E-state index in [0.29, 0.717) is 13.2 Å². The molecule has 0 aromatic rings. The van der Waals surface area contributed by atoms with Gasteiger partial charge in [-0.1, -0.05) is 0 Å². The highest BCUT2D eigenvalue weighted by molar-refractivity contribution is 5.77. The fourth-order valence-corrected chi connectivity index (χ4v) is 1.65. The third-order valence-electron chi connectivity index (χ3n) is 2.38. The van der Waals surface area contributed by atoms with Crippen LogP contribution >= 0.6 is 0 Å². The van der Waals surface area contributed by atoms with E-state index < -0.39 is 0 Å². The lowest BCUT2D eigenvalue weighted by Crippen LogP contribution is -2.45. The molecule has 0 unspecified atom stereocenters. The zero-order valence-electron chi connectivity index (χ0n) is 8.45. The van der Waals surface area contributed by atoms with Crippen LogP contribution < -0.4 is 5.73 Å². The zero-order valence-corrected chi connectivity index (χ0v) is 8.45. The Kier molecular flexibility index (Phi) is 3.73. The Bertz CT molecular complexity index is 230. The van der Waals surface area contributed by atoms with E-state index in [1.165, 1.54) is 0 Å². The second-order valence-corrected chi connectivity index (χ2v) is 3.42. The van der Waals surface area contributed by atoms with E-state index in [-0.39, 0.29) is 17.8 Å². The largest absolute Gasteiger partial charge is 0.466 e. The van der Waals surface area contributed by atoms with Gasteiger partial charge in [-0.25, -0.2) is 0 Å². The van der Waals surface area contributed by atoms with Gasteiger partial charge < -0.3 is 15.4 Å². The van der Waals surface area contributed by atoms with Gasteiger partial charge >= 0.3 is 5.97 Å². The highest BCUT2D eigenvalue weighted by atomic mass is 16.5. The molecular weight excluding hydrogens is 182 g/mol. The summed E-state index contributed by atoms with van der Waals surface area (Å²) in [5.74, 6) is -0.245. The van der Waals surface area contributed by atoms with E-state index in [2.05, 4.69) is 0 Å². The van der Waals surface area contributed by atoms with Gasteiger partial charge in [0.1, 0.15) is 0 Å². The Morgan fingerprint density at radius 1 is 1.71 bits per heavy atom. The minimum absolute atomic E-state index is 0.0407. The van der Waals surface area contributed by atoms with Crippen molar-refractivity contribution in [1.82, 2.24) is 4.90 Å².